The van der Waals surface area contributed by atoms with E-state index in [1.165, 1.54) is 6.92 Å². The molecule has 11 fully saturated rings. The smallest absolute Gasteiger partial charge is 0.217 e. The van der Waals surface area contributed by atoms with Crippen LogP contribution in [0.5, 0.6) is 0 Å². The van der Waals surface area contributed by atoms with E-state index >= 15 is 0 Å². The largest absolute Gasteiger partial charge is 0.394 e. The molecule has 0 aromatic heterocycles. The molecule has 5 amide bonds. The molecular weight excluding hydrogens is 2010 g/mol. The lowest BCUT2D eigenvalue weighted by molar-refractivity contribution is -0.406. The summed E-state index contributed by atoms with van der Waals surface area (Å²) in [5.74, 6) is -5.14. The number of aliphatic hydroxyl groups excluding tert-OH is 33. The van der Waals surface area contributed by atoms with Gasteiger partial charge in [0.05, 0.1) is 91.4 Å². The zero-order valence-corrected chi connectivity index (χ0v) is 79.3. The molecule has 38 N–H and O–H groups in total. The van der Waals surface area contributed by atoms with Crippen molar-refractivity contribution in [1.29, 1.82) is 0 Å². The molecule has 0 aliphatic carbocycles. The molecular formula is C82H139N5O60. The van der Waals surface area contributed by atoms with Gasteiger partial charge in [0.25, 0.3) is 0 Å². The van der Waals surface area contributed by atoms with Gasteiger partial charge in [-0.25, -0.2) is 0 Å². The summed E-state index contributed by atoms with van der Waals surface area (Å²) >= 11 is 0. The normalized spacial score (nSPS) is 47.3. The number of rotatable bonds is 42. The van der Waals surface area contributed by atoms with E-state index in [0.29, 0.717) is 0 Å². The summed E-state index contributed by atoms with van der Waals surface area (Å²) in [6.07, 6.45) is -119. The highest BCUT2D eigenvalue weighted by atomic mass is 16.8. The average molecular weight is 2150 g/mol. The van der Waals surface area contributed by atoms with E-state index in [-0.39, 0.29) is 0 Å². The molecule has 11 heterocycles. The SMILES string of the molecule is CC(=O)N[C@H]1[C@H](O[C@@H]([C@H](O)[C@H](CO)NC(C)=O)[C@H](O)CO[C@@H]2O[C@@H](C)[C@@H](O)[C@@H](O)[C@@H]2O)O[C@H](CO)[C@@H](O[C@@H]2O[C@H](CO[C@H]3O[C@H](CO)[C@@H](O)[C@H](O)[C@@H]3O[C@@H]3O[C@H](CO)[C@@H](O[C@@H]4O[C@H](CO)[C@H](O)[C@H](O)[C@H]4O)[C@H](O)[C@H]3NC(C)=O)[C@@H](O)[C@H](O[C@H]3O[C@H](CO)[C@@H](O[C@@H]4O[C@H](CO)[C@@H](O[C@@H]5O[C@H](CO)[C@H](O)[C@H](O)[C@H]5O)[C@H](O)[C@H]4NC(C)=O)[C@H](O)[C@@H]3O[C@@H]3O[C@H](CO)[C@@H](O[C@@H]4O[C@H](CO)[C@H](O)[C@H](O)[C@H]4O)[C@H](O)[C@H]3NC(C)=O)[C@@H]2O)[C@@H]1O. The summed E-state index contributed by atoms with van der Waals surface area (Å²) in [6.45, 7) is -8.83. The van der Waals surface area contributed by atoms with Gasteiger partial charge in [-0.1, -0.05) is 0 Å². The van der Waals surface area contributed by atoms with Crippen molar-refractivity contribution in [3.63, 3.8) is 0 Å². The molecule has 852 valence electrons. The molecule has 65 nitrogen and oxygen atoms in total. The standard InChI is InChI=1S/C82H139N5O60/c1-19-41(104)52(115)57(120)76(128-19)126-17-26(103)63(42(105)25(7-88)83-20(2)98)139-72-37(84-21(3)99)48(111)67(34(15-96)133-72)144-80-62(125)69(47(110)36(138-80)18-127-81-70(56(119)46(109)30(11-92)132-81)146-74-39(86-23(5)101)50(113)65(32(13-94)135-74)142-78-59(122)54(117)44(107)28(9-90)130-78)145-82-71(147-75-40(87-24(6)102)51(114)66(33(14-95)136-75)143-79-60(123)55(118)45(108)29(10-91)131-79)61(124)68(35(16-97)137-82)140-73-38(85-22(4)100)49(112)64(31(12-93)134-73)141-77-58(121)53(116)43(106)27(8-89)129-77/h19,25-82,88-97,103-125H,7-18H2,1-6H3,(H,83,98)(H,84,99)(H,85,100)(H,86,101)(H,87,102)/t19-,25-,26+,27+,28+,29+,30+,31+,32+,33+,34+,35+,36+,37+,38+,39+,40+,41+,42+,43-,44-,45-,46+,47+,48+,49+,50+,51+,52+,53-,54-,55-,56-,57-,58+,59+,60+,61-,62-,63+,64+,65+,66+,67+,68+,69-,70-,71-,72-,73-,74-,75-,76+,77-,78-,79-,80-,81-,82+/m0/s1. The predicted molar refractivity (Wildman–Crippen MR) is 454 cm³/mol. The minimum Gasteiger partial charge on any atom is -0.394 e. The van der Waals surface area contributed by atoms with Gasteiger partial charge in [0.15, 0.2) is 69.2 Å². The van der Waals surface area contributed by atoms with Crippen LogP contribution in [0, 0.1) is 0 Å². The van der Waals surface area contributed by atoms with Crippen LogP contribution in [0.2, 0.25) is 0 Å². The summed E-state index contributed by atoms with van der Waals surface area (Å²) in [4.78, 5) is 65.8. The van der Waals surface area contributed by atoms with Gasteiger partial charge in [0, 0.05) is 34.6 Å². The third-order valence-electron chi connectivity index (χ3n) is 26.7. The number of carbonyl (C=O) groups excluding carboxylic acids is 5. The van der Waals surface area contributed by atoms with Gasteiger partial charge in [-0.15, -0.1) is 0 Å². The number of aliphatic hydroxyl groups is 33. The van der Waals surface area contributed by atoms with E-state index < -0.39 is 471 Å². The quantitative estimate of drug-likeness (QED) is 0.0270. The van der Waals surface area contributed by atoms with Gasteiger partial charge in [0.2, 0.25) is 29.5 Å². The van der Waals surface area contributed by atoms with Crippen molar-refractivity contribution in [1.82, 2.24) is 26.6 Å². The fraction of sp³-hybridized carbons (Fsp3) is 0.939. The molecule has 0 aromatic rings. The first kappa shape index (κ1) is 122. The van der Waals surface area contributed by atoms with Gasteiger partial charge in [-0.2, -0.15) is 0 Å². The van der Waals surface area contributed by atoms with E-state index in [0.717, 1.165) is 34.6 Å². The van der Waals surface area contributed by atoms with Gasteiger partial charge in [-0.3, -0.25) is 24.0 Å². The molecule has 0 radical (unpaired) electrons. The summed E-state index contributed by atoms with van der Waals surface area (Å²) in [6, 6.07) is -10.3. The summed E-state index contributed by atoms with van der Waals surface area (Å²) in [7, 11) is 0. The Kier molecular flexibility index (Phi) is 45.1. The average Bonchev–Trinajstić information content (AvgIpc) is 0.759. The van der Waals surface area contributed by atoms with Crippen LogP contribution in [-0.4, -0.2) is 639 Å². The Morgan fingerprint density at radius 2 is 0.531 bits per heavy atom. The van der Waals surface area contributed by atoms with Crippen molar-refractivity contribution in [2.45, 2.75) is 403 Å². The van der Waals surface area contributed by atoms with Crippen LogP contribution in [0.1, 0.15) is 41.5 Å². The van der Waals surface area contributed by atoms with Crippen LogP contribution in [0.25, 0.3) is 0 Å². The van der Waals surface area contributed by atoms with Crippen molar-refractivity contribution in [2.24, 2.45) is 0 Å². The third kappa shape index (κ3) is 27.9. The number of hydrogen-bond donors (Lipinski definition) is 38. The maximum atomic E-state index is 13.5. The number of amides is 5. The van der Waals surface area contributed by atoms with Gasteiger partial charge in [0.1, 0.15) is 281 Å². The first-order valence-electron chi connectivity index (χ1n) is 46.9. The Labute approximate surface area is 833 Å². The maximum Gasteiger partial charge on any atom is 0.217 e. The van der Waals surface area contributed by atoms with Crippen molar-refractivity contribution >= 4 is 29.5 Å². The monoisotopic (exact) mass is 2150 g/mol. The molecule has 11 rings (SSSR count). The molecule has 147 heavy (non-hydrogen) atoms. The van der Waals surface area contributed by atoms with Crippen LogP contribution in [0.15, 0.2) is 0 Å². The Morgan fingerprint density at radius 1 is 0.252 bits per heavy atom. The zero-order valence-electron chi connectivity index (χ0n) is 79.3. The molecule has 65 heteroatoms. The first-order chi connectivity index (χ1) is 69.5. The van der Waals surface area contributed by atoms with Gasteiger partial charge in [-0.05, 0) is 6.92 Å². The Balaban J connectivity index is 0.994. The minimum atomic E-state index is -2.83. The Morgan fingerprint density at radius 3 is 0.884 bits per heavy atom. The van der Waals surface area contributed by atoms with E-state index in [2.05, 4.69) is 26.6 Å². The summed E-state index contributed by atoms with van der Waals surface area (Å²) < 4.78 is 132. The van der Waals surface area contributed by atoms with Crippen LogP contribution in [-0.2, 0) is 128 Å². The highest BCUT2D eigenvalue weighted by molar-refractivity contribution is 5.75. The highest BCUT2D eigenvalue weighted by Gasteiger charge is 2.64. The number of hydrogen-bond acceptors (Lipinski definition) is 60. The van der Waals surface area contributed by atoms with E-state index in [9.17, 15) is 192 Å². The molecule has 11 saturated heterocycles. The lowest BCUT2D eigenvalue weighted by Crippen LogP contribution is -2.71. The van der Waals surface area contributed by atoms with Crippen molar-refractivity contribution < 1.29 is 297 Å². The predicted octanol–water partition coefficient (Wildman–Crippen LogP) is -25.8. The molecule has 59 atom stereocenters. The van der Waals surface area contributed by atoms with Crippen LogP contribution in [0.4, 0.5) is 0 Å². The molecule has 11 aliphatic heterocycles. The van der Waals surface area contributed by atoms with Gasteiger partial charge < -0.3 is 299 Å². The number of nitrogens with one attached hydrogen (secondary N) is 5. The molecule has 11 aliphatic rings. The molecule has 0 aromatic carbocycles. The lowest BCUT2D eigenvalue weighted by atomic mass is 9.93. The number of carbonyl (C=O) groups is 5. The second kappa shape index (κ2) is 54.2. The maximum absolute atomic E-state index is 13.5. The lowest BCUT2D eigenvalue weighted by Gasteiger charge is -2.52. The van der Waals surface area contributed by atoms with Crippen LogP contribution >= 0.6 is 0 Å². The molecule has 0 saturated carbocycles. The Bertz CT molecular complexity index is 4050. The van der Waals surface area contributed by atoms with Crippen molar-refractivity contribution in [2.75, 3.05) is 79.3 Å². The second-order valence-electron chi connectivity index (χ2n) is 37.1. The minimum absolute atomic E-state index is 0.847. The van der Waals surface area contributed by atoms with Gasteiger partial charge >= 0.3 is 0 Å². The molecule has 0 spiro atoms. The Hall–Kier alpha value is -4.85. The summed E-state index contributed by atoms with van der Waals surface area (Å²) in [5, 5.41) is 385. The van der Waals surface area contributed by atoms with E-state index in [1.807, 2.05) is 0 Å². The molecule has 0 unspecified atom stereocenters. The fourth-order valence-electron chi connectivity index (χ4n) is 18.8. The zero-order chi connectivity index (χ0) is 109. The summed E-state index contributed by atoms with van der Waals surface area (Å²) in [5.41, 5.74) is 0. The fourth-order valence-corrected chi connectivity index (χ4v) is 18.8. The third-order valence-corrected chi connectivity index (χ3v) is 26.7. The first-order valence-corrected chi connectivity index (χ1v) is 46.9. The van der Waals surface area contributed by atoms with Crippen LogP contribution < -0.4 is 26.6 Å². The van der Waals surface area contributed by atoms with Crippen molar-refractivity contribution in [3.8, 4) is 0 Å². The number of ether oxygens (including phenoxy) is 22. The van der Waals surface area contributed by atoms with Crippen LogP contribution in [0.3, 0.4) is 0 Å². The van der Waals surface area contributed by atoms with Crippen molar-refractivity contribution in [3.05, 3.63) is 0 Å². The van der Waals surface area contributed by atoms with E-state index in [1.54, 1.807) is 0 Å². The highest BCUT2D eigenvalue weighted by Crippen LogP contribution is 2.43. The molecule has 0 bridgehead atoms. The van der Waals surface area contributed by atoms with E-state index in [4.69, 9.17) is 104 Å². The second-order valence-corrected chi connectivity index (χ2v) is 37.1. The topological polar surface area (TPSA) is 1020 Å².